The average molecular weight is 452 g/mol. The third kappa shape index (κ3) is 5.92. The average Bonchev–Trinajstić information content (AvgIpc) is 3.20. The number of hydrogen-bond donors (Lipinski definition) is 1. The first kappa shape index (κ1) is 23.3. The van der Waals surface area contributed by atoms with Crippen molar-refractivity contribution in [3.63, 3.8) is 0 Å². The van der Waals surface area contributed by atoms with Gasteiger partial charge in [0.1, 0.15) is 5.75 Å². The molecule has 0 saturated carbocycles. The Morgan fingerprint density at radius 2 is 1.97 bits per heavy atom. The molecular formula is C26H33N3O4. The third-order valence-electron chi connectivity index (χ3n) is 6.14. The predicted molar refractivity (Wildman–Crippen MR) is 127 cm³/mol. The van der Waals surface area contributed by atoms with Crippen molar-refractivity contribution in [3.8, 4) is 5.75 Å². The lowest BCUT2D eigenvalue weighted by Crippen LogP contribution is -2.40. The van der Waals surface area contributed by atoms with Crippen LogP contribution in [0.2, 0.25) is 0 Å². The lowest BCUT2D eigenvalue weighted by molar-refractivity contribution is -0.126. The van der Waals surface area contributed by atoms with Gasteiger partial charge in [0.05, 0.1) is 30.9 Å². The molecule has 0 spiro atoms. The van der Waals surface area contributed by atoms with E-state index < -0.39 is 0 Å². The second-order valence-corrected chi connectivity index (χ2v) is 8.76. The van der Waals surface area contributed by atoms with E-state index in [1.807, 2.05) is 43.3 Å². The fourth-order valence-corrected chi connectivity index (χ4v) is 4.54. The van der Waals surface area contributed by atoms with Crippen LogP contribution in [0.15, 0.2) is 48.5 Å². The van der Waals surface area contributed by atoms with Gasteiger partial charge in [-0.2, -0.15) is 0 Å². The van der Waals surface area contributed by atoms with E-state index in [0.29, 0.717) is 25.4 Å². The normalized spacial score (nSPS) is 21.3. The van der Waals surface area contributed by atoms with Gasteiger partial charge in [-0.15, -0.1) is 0 Å². The topological polar surface area (TPSA) is 71.1 Å². The summed E-state index contributed by atoms with van der Waals surface area (Å²) in [7, 11) is 0. The Morgan fingerprint density at radius 1 is 1.15 bits per heavy atom. The summed E-state index contributed by atoms with van der Waals surface area (Å²) in [5, 5.41) is 3.03. The first-order chi connectivity index (χ1) is 16.0. The van der Waals surface area contributed by atoms with Crippen molar-refractivity contribution in [2.45, 2.75) is 39.5 Å². The van der Waals surface area contributed by atoms with Crippen LogP contribution >= 0.6 is 0 Å². The van der Waals surface area contributed by atoms with Crippen molar-refractivity contribution in [2.24, 2.45) is 5.92 Å². The summed E-state index contributed by atoms with van der Waals surface area (Å²) in [5.74, 6) is 0.155. The van der Waals surface area contributed by atoms with Gasteiger partial charge in [-0.25, -0.2) is 0 Å². The van der Waals surface area contributed by atoms with Gasteiger partial charge < -0.3 is 19.7 Å². The number of carbonyl (C=O) groups excluding carboxylic acids is 2. The van der Waals surface area contributed by atoms with Gasteiger partial charge in [-0.05, 0) is 37.1 Å². The quantitative estimate of drug-likeness (QED) is 0.668. The summed E-state index contributed by atoms with van der Waals surface area (Å²) in [6.07, 6.45) is 0.470. The molecule has 7 heteroatoms. The van der Waals surface area contributed by atoms with Crippen molar-refractivity contribution in [1.82, 2.24) is 10.2 Å². The van der Waals surface area contributed by atoms with Gasteiger partial charge in [-0.1, -0.05) is 36.4 Å². The van der Waals surface area contributed by atoms with Crippen LogP contribution in [0.3, 0.4) is 0 Å². The molecular weight excluding hydrogens is 418 g/mol. The number of carbonyl (C=O) groups is 2. The van der Waals surface area contributed by atoms with Gasteiger partial charge in [0.25, 0.3) is 0 Å². The van der Waals surface area contributed by atoms with E-state index >= 15 is 0 Å². The molecule has 2 heterocycles. The van der Waals surface area contributed by atoms with E-state index in [9.17, 15) is 9.59 Å². The molecule has 0 aromatic heterocycles. The van der Waals surface area contributed by atoms with Crippen LogP contribution in [-0.2, 0) is 27.4 Å². The summed E-state index contributed by atoms with van der Waals surface area (Å²) < 4.78 is 11.3. The molecule has 2 amide bonds. The number of morpholine rings is 1. The highest BCUT2D eigenvalue weighted by atomic mass is 16.5. The van der Waals surface area contributed by atoms with Gasteiger partial charge >= 0.3 is 0 Å². The Morgan fingerprint density at radius 3 is 2.79 bits per heavy atom. The van der Waals surface area contributed by atoms with Gasteiger partial charge in [-0.3, -0.25) is 14.5 Å². The lowest BCUT2D eigenvalue weighted by atomic mass is 10.1. The first-order valence-electron chi connectivity index (χ1n) is 11.7. The molecule has 2 aromatic rings. The SMILES string of the molecule is CCOc1ccccc1N1CC(C(=O)NCc2cccc(CN3CCOC(C)C3)c2)CC1=O. The summed E-state index contributed by atoms with van der Waals surface area (Å²) in [6, 6.07) is 15.8. The number of amides is 2. The van der Waals surface area contributed by atoms with E-state index in [1.165, 1.54) is 5.56 Å². The lowest BCUT2D eigenvalue weighted by Gasteiger charge is -2.31. The summed E-state index contributed by atoms with van der Waals surface area (Å²) in [4.78, 5) is 29.6. The molecule has 2 aliphatic heterocycles. The van der Waals surface area contributed by atoms with Crippen molar-refractivity contribution < 1.29 is 19.1 Å². The molecule has 2 saturated heterocycles. The first-order valence-corrected chi connectivity index (χ1v) is 11.7. The minimum Gasteiger partial charge on any atom is -0.492 e. The Labute approximate surface area is 195 Å². The standard InChI is InChI=1S/C26H33N3O4/c1-3-32-24-10-5-4-9-23(24)29-18-22(14-25(29)30)26(31)27-15-20-7-6-8-21(13-20)17-28-11-12-33-19(2)16-28/h4-10,13,19,22H,3,11-12,14-18H2,1-2H3,(H,27,31). The number of nitrogens with one attached hydrogen (secondary N) is 1. The predicted octanol–water partition coefficient (Wildman–Crippen LogP) is 2.98. The van der Waals surface area contributed by atoms with Crippen molar-refractivity contribution in [3.05, 3.63) is 59.7 Å². The van der Waals surface area contributed by atoms with E-state index in [4.69, 9.17) is 9.47 Å². The summed E-state index contributed by atoms with van der Waals surface area (Å²) >= 11 is 0. The maximum absolute atomic E-state index is 12.8. The Kier molecular flexibility index (Phi) is 7.62. The molecule has 2 fully saturated rings. The molecule has 2 atom stereocenters. The van der Waals surface area contributed by atoms with Gasteiger partial charge in [0.2, 0.25) is 11.8 Å². The van der Waals surface area contributed by atoms with Crippen molar-refractivity contribution in [2.75, 3.05) is 37.7 Å². The fourth-order valence-electron chi connectivity index (χ4n) is 4.54. The fraction of sp³-hybridized carbons (Fsp3) is 0.462. The second kappa shape index (κ2) is 10.8. The Balaban J connectivity index is 1.33. The van der Waals surface area contributed by atoms with Crippen LogP contribution in [0.4, 0.5) is 5.69 Å². The second-order valence-electron chi connectivity index (χ2n) is 8.76. The Hall–Kier alpha value is -2.90. The van der Waals surface area contributed by atoms with Crippen molar-refractivity contribution in [1.29, 1.82) is 0 Å². The van der Waals surface area contributed by atoms with Crippen LogP contribution in [0, 0.1) is 5.92 Å². The largest absolute Gasteiger partial charge is 0.492 e. The number of para-hydroxylation sites is 2. The molecule has 0 radical (unpaired) electrons. The smallest absolute Gasteiger partial charge is 0.227 e. The third-order valence-corrected chi connectivity index (χ3v) is 6.14. The number of anilines is 1. The highest BCUT2D eigenvalue weighted by Crippen LogP contribution is 2.33. The molecule has 2 aliphatic rings. The van der Waals surface area contributed by atoms with Crippen LogP contribution in [0.5, 0.6) is 5.75 Å². The van der Waals surface area contributed by atoms with E-state index in [1.54, 1.807) is 4.90 Å². The van der Waals surface area contributed by atoms with Gasteiger partial charge in [0, 0.05) is 39.1 Å². The molecule has 176 valence electrons. The molecule has 1 N–H and O–H groups in total. The Bertz CT molecular complexity index is 980. The highest BCUT2D eigenvalue weighted by molar-refractivity contribution is 6.01. The monoisotopic (exact) mass is 451 g/mol. The molecule has 0 aliphatic carbocycles. The summed E-state index contributed by atoms with van der Waals surface area (Å²) in [5.41, 5.74) is 3.01. The number of hydrogen-bond acceptors (Lipinski definition) is 5. The van der Waals surface area contributed by atoms with Crippen molar-refractivity contribution >= 4 is 17.5 Å². The van der Waals surface area contributed by atoms with E-state index in [-0.39, 0.29) is 30.3 Å². The zero-order valence-corrected chi connectivity index (χ0v) is 19.5. The number of rotatable bonds is 8. The molecule has 4 rings (SSSR count). The molecule has 2 aromatic carbocycles. The highest BCUT2D eigenvalue weighted by Gasteiger charge is 2.36. The molecule has 7 nitrogen and oxygen atoms in total. The van der Waals surface area contributed by atoms with Crippen LogP contribution in [0.1, 0.15) is 31.4 Å². The van der Waals surface area contributed by atoms with Crippen LogP contribution in [0.25, 0.3) is 0 Å². The maximum atomic E-state index is 12.8. The number of nitrogens with zero attached hydrogens (tertiary/aromatic N) is 2. The maximum Gasteiger partial charge on any atom is 0.227 e. The molecule has 33 heavy (non-hydrogen) atoms. The van der Waals surface area contributed by atoms with Gasteiger partial charge in [0.15, 0.2) is 0 Å². The zero-order valence-electron chi connectivity index (χ0n) is 19.5. The van der Waals surface area contributed by atoms with E-state index in [2.05, 4.69) is 29.3 Å². The van der Waals surface area contributed by atoms with Crippen LogP contribution in [-0.4, -0.2) is 55.7 Å². The zero-order chi connectivity index (χ0) is 23.2. The summed E-state index contributed by atoms with van der Waals surface area (Å²) in [6.45, 7) is 8.86. The van der Waals surface area contributed by atoms with Crippen LogP contribution < -0.4 is 15.0 Å². The van der Waals surface area contributed by atoms with E-state index in [0.717, 1.165) is 37.5 Å². The molecule has 2 unspecified atom stereocenters. The molecule has 0 bridgehead atoms. The minimum absolute atomic E-state index is 0.0518. The minimum atomic E-state index is -0.370. The number of benzene rings is 2. The number of ether oxygens (including phenoxy) is 2.